The number of rotatable bonds is 5. The van der Waals surface area contributed by atoms with E-state index in [0.717, 1.165) is 5.56 Å². The van der Waals surface area contributed by atoms with Crippen LogP contribution in [0.15, 0.2) is 84.4 Å². The minimum absolute atomic E-state index is 0.0697. The molecule has 144 valence electrons. The molecule has 3 aromatic carbocycles. The fourth-order valence-corrected chi connectivity index (χ4v) is 3.05. The van der Waals surface area contributed by atoms with Gasteiger partial charge in [-0.1, -0.05) is 66.2 Å². The first-order valence-electron chi connectivity index (χ1n) is 9.31. The van der Waals surface area contributed by atoms with Crippen LogP contribution in [-0.4, -0.2) is 11.8 Å². The van der Waals surface area contributed by atoms with Gasteiger partial charge in [0.15, 0.2) is 0 Å². The van der Waals surface area contributed by atoms with E-state index in [9.17, 15) is 9.59 Å². The highest BCUT2D eigenvalue weighted by atomic mass is 16.5. The molecule has 0 saturated carbocycles. The maximum atomic E-state index is 12.8. The zero-order valence-electron chi connectivity index (χ0n) is 16.0. The lowest BCUT2D eigenvalue weighted by atomic mass is 10.1. The fourth-order valence-electron chi connectivity index (χ4n) is 3.05. The molecule has 4 rings (SSSR count). The molecule has 0 aliphatic carbocycles. The summed E-state index contributed by atoms with van der Waals surface area (Å²) in [6, 6.07) is 24.5. The number of para-hydroxylation sites is 2. The Morgan fingerprint density at radius 3 is 2.34 bits per heavy atom. The normalized spacial score (nSPS) is 14.9. The largest absolute Gasteiger partial charge is 0.488 e. The summed E-state index contributed by atoms with van der Waals surface area (Å²) in [5.41, 5.74) is 6.19. The number of nitrogens with one attached hydrogen (secondary N) is 1. The summed E-state index contributed by atoms with van der Waals surface area (Å²) < 4.78 is 5.95. The molecular weight excluding hydrogens is 364 g/mol. The highest BCUT2D eigenvalue weighted by molar-refractivity contribution is 6.31. The first-order chi connectivity index (χ1) is 14.1. The molecule has 1 aliphatic rings. The number of benzene rings is 3. The molecule has 0 unspecified atom stereocenters. The fraction of sp³-hybridized carbons (Fsp3) is 0.0833. The van der Waals surface area contributed by atoms with Crippen molar-refractivity contribution in [1.82, 2.24) is 5.43 Å². The minimum atomic E-state index is -0.438. The standard InChI is InChI=1S/C24H20N2O3/c1-17-11-13-18(14-12-17)16-29-22-10-6-5-7-19(22)15-21-23(27)25-26(24(21)28)20-8-3-2-4-9-20/h2-15H,16H2,1H3,(H,25,27)/b21-15+. The highest BCUT2D eigenvalue weighted by Gasteiger charge is 2.34. The third-order valence-electron chi connectivity index (χ3n) is 4.64. The van der Waals surface area contributed by atoms with Crippen LogP contribution in [0.1, 0.15) is 16.7 Å². The van der Waals surface area contributed by atoms with Gasteiger partial charge in [0.2, 0.25) is 0 Å². The molecule has 0 radical (unpaired) electrons. The molecule has 1 aliphatic heterocycles. The van der Waals surface area contributed by atoms with Crippen molar-refractivity contribution in [1.29, 1.82) is 0 Å². The van der Waals surface area contributed by atoms with Crippen LogP contribution in [0.4, 0.5) is 5.69 Å². The van der Waals surface area contributed by atoms with E-state index in [2.05, 4.69) is 5.43 Å². The van der Waals surface area contributed by atoms with Gasteiger partial charge in [0.1, 0.15) is 17.9 Å². The number of anilines is 1. The van der Waals surface area contributed by atoms with Crippen LogP contribution in [0, 0.1) is 6.92 Å². The van der Waals surface area contributed by atoms with Gasteiger partial charge in [0.25, 0.3) is 11.8 Å². The van der Waals surface area contributed by atoms with Gasteiger partial charge in [-0.2, -0.15) is 0 Å². The van der Waals surface area contributed by atoms with Gasteiger partial charge in [0.05, 0.1) is 5.69 Å². The van der Waals surface area contributed by atoms with Crippen molar-refractivity contribution in [3.05, 3.63) is 101 Å². The molecule has 1 fully saturated rings. The van der Waals surface area contributed by atoms with E-state index in [-0.39, 0.29) is 5.57 Å². The maximum Gasteiger partial charge on any atom is 0.282 e. The predicted molar refractivity (Wildman–Crippen MR) is 112 cm³/mol. The van der Waals surface area contributed by atoms with Crippen LogP contribution in [0.5, 0.6) is 5.75 Å². The molecule has 0 spiro atoms. The Labute approximate surface area is 169 Å². The van der Waals surface area contributed by atoms with E-state index in [1.807, 2.05) is 73.7 Å². The smallest absolute Gasteiger partial charge is 0.282 e. The van der Waals surface area contributed by atoms with Crippen LogP contribution < -0.4 is 15.2 Å². The number of carbonyl (C=O) groups is 2. The van der Waals surface area contributed by atoms with Crippen molar-refractivity contribution in [2.24, 2.45) is 0 Å². The number of nitrogens with zero attached hydrogens (tertiary/aromatic N) is 1. The second-order valence-electron chi connectivity index (χ2n) is 6.79. The van der Waals surface area contributed by atoms with Crippen LogP contribution in [0.25, 0.3) is 6.08 Å². The Balaban J connectivity index is 1.57. The average molecular weight is 384 g/mol. The molecule has 1 saturated heterocycles. The predicted octanol–water partition coefficient (Wildman–Crippen LogP) is 4.04. The van der Waals surface area contributed by atoms with Crippen LogP contribution in [0.3, 0.4) is 0 Å². The number of hydrogen-bond acceptors (Lipinski definition) is 3. The lowest BCUT2D eigenvalue weighted by Gasteiger charge is -2.14. The molecule has 0 aromatic heterocycles. The minimum Gasteiger partial charge on any atom is -0.488 e. The zero-order chi connectivity index (χ0) is 20.2. The van der Waals surface area contributed by atoms with E-state index in [1.54, 1.807) is 18.2 Å². The third-order valence-corrected chi connectivity index (χ3v) is 4.64. The van der Waals surface area contributed by atoms with Crippen molar-refractivity contribution < 1.29 is 14.3 Å². The lowest BCUT2D eigenvalue weighted by Crippen LogP contribution is -2.35. The van der Waals surface area contributed by atoms with Gasteiger partial charge in [0, 0.05) is 5.56 Å². The molecular formula is C24H20N2O3. The molecule has 1 N–H and O–H groups in total. The second kappa shape index (κ2) is 8.02. The van der Waals surface area contributed by atoms with Crippen molar-refractivity contribution in [2.75, 3.05) is 5.01 Å². The van der Waals surface area contributed by atoms with Crippen molar-refractivity contribution in [3.8, 4) is 5.75 Å². The number of ether oxygens (including phenoxy) is 1. The summed E-state index contributed by atoms with van der Waals surface area (Å²) in [5.74, 6) is -0.221. The molecule has 5 heteroatoms. The first-order valence-corrected chi connectivity index (χ1v) is 9.31. The topological polar surface area (TPSA) is 58.6 Å². The summed E-state index contributed by atoms with van der Waals surface area (Å²) in [7, 11) is 0. The van der Waals surface area contributed by atoms with Gasteiger partial charge in [-0.15, -0.1) is 0 Å². The first kappa shape index (κ1) is 18.5. The molecule has 1 heterocycles. The number of carbonyl (C=O) groups excluding carboxylic acids is 2. The average Bonchev–Trinajstić information content (AvgIpc) is 3.03. The van der Waals surface area contributed by atoms with Crippen LogP contribution >= 0.6 is 0 Å². The molecule has 5 nitrogen and oxygen atoms in total. The van der Waals surface area contributed by atoms with Gasteiger partial charge in [-0.05, 0) is 36.8 Å². The molecule has 2 amide bonds. The van der Waals surface area contributed by atoms with Crippen LogP contribution in [0.2, 0.25) is 0 Å². The Hall–Kier alpha value is -3.86. The van der Waals surface area contributed by atoms with E-state index >= 15 is 0 Å². The Kier molecular flexibility index (Phi) is 5.12. The van der Waals surface area contributed by atoms with Gasteiger partial charge < -0.3 is 4.74 Å². The second-order valence-corrected chi connectivity index (χ2v) is 6.79. The number of aryl methyl sites for hydroxylation is 1. The Morgan fingerprint density at radius 2 is 1.59 bits per heavy atom. The van der Waals surface area contributed by atoms with Gasteiger partial charge in [-0.3, -0.25) is 15.0 Å². The lowest BCUT2D eigenvalue weighted by molar-refractivity contribution is -0.117. The quantitative estimate of drug-likeness (QED) is 0.534. The van der Waals surface area contributed by atoms with Crippen LogP contribution in [-0.2, 0) is 16.2 Å². The van der Waals surface area contributed by atoms with Gasteiger partial charge in [-0.25, -0.2) is 5.01 Å². The summed E-state index contributed by atoms with van der Waals surface area (Å²) in [4.78, 5) is 25.2. The Morgan fingerprint density at radius 1 is 0.897 bits per heavy atom. The van der Waals surface area contributed by atoms with Crippen molar-refractivity contribution in [3.63, 3.8) is 0 Å². The third kappa shape index (κ3) is 4.04. The summed E-state index contributed by atoms with van der Waals surface area (Å²) >= 11 is 0. The summed E-state index contributed by atoms with van der Waals surface area (Å²) in [6.07, 6.45) is 1.57. The zero-order valence-corrected chi connectivity index (χ0v) is 16.0. The van der Waals surface area contributed by atoms with Crippen molar-refractivity contribution in [2.45, 2.75) is 13.5 Å². The molecule has 0 atom stereocenters. The number of amides is 2. The molecule has 0 bridgehead atoms. The van der Waals surface area contributed by atoms with Gasteiger partial charge >= 0.3 is 0 Å². The van der Waals surface area contributed by atoms with E-state index in [1.165, 1.54) is 10.6 Å². The summed E-state index contributed by atoms with van der Waals surface area (Å²) in [6.45, 7) is 2.44. The van der Waals surface area contributed by atoms with E-state index < -0.39 is 11.8 Å². The number of hydrogen-bond donors (Lipinski definition) is 1. The maximum absolute atomic E-state index is 12.8. The van der Waals surface area contributed by atoms with E-state index in [0.29, 0.717) is 23.6 Å². The summed E-state index contributed by atoms with van der Waals surface area (Å²) in [5, 5.41) is 1.25. The SMILES string of the molecule is Cc1ccc(COc2ccccc2/C=C2\C(=O)NN(c3ccccc3)C2=O)cc1. The molecule has 3 aromatic rings. The number of hydrazine groups is 1. The Bertz CT molecular complexity index is 1070. The highest BCUT2D eigenvalue weighted by Crippen LogP contribution is 2.26. The van der Waals surface area contributed by atoms with Crippen molar-refractivity contribution >= 4 is 23.6 Å². The monoisotopic (exact) mass is 384 g/mol. The van der Waals surface area contributed by atoms with E-state index in [4.69, 9.17) is 4.74 Å². The molecule has 29 heavy (non-hydrogen) atoms.